The zero-order chi connectivity index (χ0) is 27.4. The van der Waals surface area contributed by atoms with Gasteiger partial charge in [-0.25, -0.2) is 0 Å². The molecule has 42 heavy (non-hydrogen) atoms. The van der Waals surface area contributed by atoms with Gasteiger partial charge in [-0.1, -0.05) is 97.1 Å². The summed E-state index contributed by atoms with van der Waals surface area (Å²) < 4.78 is 5.31. The lowest BCUT2D eigenvalue weighted by molar-refractivity contribution is 0.719. The Hall–Kier alpha value is -4.86. The van der Waals surface area contributed by atoms with Gasteiger partial charge in [0, 0.05) is 59.4 Å². The summed E-state index contributed by atoms with van der Waals surface area (Å²) in [6.45, 7) is 0. The minimum Gasteiger partial charge on any atom is -0.381 e. The maximum atomic E-state index is 4.07. The number of benzene rings is 6. The van der Waals surface area contributed by atoms with Crippen LogP contribution in [0.2, 0.25) is 0 Å². The summed E-state index contributed by atoms with van der Waals surface area (Å²) in [6.07, 6.45) is 1.95. The van der Waals surface area contributed by atoms with Crippen LogP contribution in [-0.4, -0.2) is 10.6 Å². The Balaban J connectivity index is 1.21. The molecule has 198 valence electrons. The number of rotatable bonds is 2. The van der Waals surface area contributed by atoms with Gasteiger partial charge in [0.05, 0.1) is 16.7 Å². The van der Waals surface area contributed by atoms with Gasteiger partial charge >= 0.3 is 0 Å². The normalized spacial score (nSPS) is 15.1. The van der Waals surface area contributed by atoms with Crippen molar-refractivity contribution in [1.29, 1.82) is 0 Å². The second kappa shape index (κ2) is 8.34. The molecule has 2 aliphatic rings. The molecule has 0 fully saturated rings. The molecule has 0 radical (unpaired) electrons. The molecule has 0 saturated heterocycles. The first kappa shape index (κ1) is 22.8. The number of anilines is 1. The van der Waals surface area contributed by atoms with Crippen molar-refractivity contribution < 1.29 is 0 Å². The van der Waals surface area contributed by atoms with Crippen molar-refractivity contribution in [3.63, 3.8) is 0 Å². The molecule has 1 atom stereocenters. The Bertz CT molecular complexity index is 2410. The summed E-state index contributed by atoms with van der Waals surface area (Å²) >= 11 is 1.93. The maximum Gasteiger partial charge on any atom is 0.0619 e. The van der Waals surface area contributed by atoms with Crippen molar-refractivity contribution in [2.75, 3.05) is 5.32 Å². The van der Waals surface area contributed by atoms with E-state index in [0.717, 1.165) is 12.8 Å². The van der Waals surface area contributed by atoms with Crippen molar-refractivity contribution in [3.8, 4) is 27.9 Å². The number of nitrogens with zero attached hydrogens (tertiary/aromatic N) is 1. The van der Waals surface area contributed by atoms with E-state index in [1.165, 1.54) is 86.7 Å². The van der Waals surface area contributed by atoms with E-state index in [-0.39, 0.29) is 6.04 Å². The molecule has 2 aliphatic heterocycles. The van der Waals surface area contributed by atoms with Gasteiger partial charge in [-0.2, -0.15) is 0 Å². The Kier molecular flexibility index (Phi) is 4.53. The number of para-hydroxylation sites is 2. The third-order valence-electron chi connectivity index (χ3n) is 9.45. The topological polar surface area (TPSA) is 17.0 Å². The smallest absolute Gasteiger partial charge is 0.0619 e. The first-order chi connectivity index (χ1) is 20.8. The third kappa shape index (κ3) is 2.98. The first-order valence-corrected chi connectivity index (χ1v) is 15.6. The van der Waals surface area contributed by atoms with E-state index in [2.05, 4.69) is 131 Å². The van der Waals surface area contributed by atoms with Gasteiger partial charge in [-0.15, -0.1) is 11.3 Å². The molecule has 6 aromatic carbocycles. The summed E-state index contributed by atoms with van der Waals surface area (Å²) in [4.78, 5) is 0. The van der Waals surface area contributed by atoms with Gasteiger partial charge in [-0.05, 0) is 53.8 Å². The average Bonchev–Trinajstić information content (AvgIpc) is 3.47. The second-order valence-corrected chi connectivity index (χ2v) is 12.8. The summed E-state index contributed by atoms with van der Waals surface area (Å²) in [7, 11) is 0. The highest BCUT2D eigenvalue weighted by Crippen LogP contribution is 2.51. The molecule has 0 bridgehead atoms. The molecular weight excluding hydrogens is 529 g/mol. The summed E-state index contributed by atoms with van der Waals surface area (Å²) in [5, 5.41) is 9.44. The van der Waals surface area contributed by atoms with Crippen LogP contribution in [0.3, 0.4) is 0 Å². The van der Waals surface area contributed by atoms with Gasteiger partial charge in [-0.3, -0.25) is 0 Å². The Labute approximate surface area is 247 Å². The van der Waals surface area contributed by atoms with E-state index >= 15 is 0 Å². The Morgan fingerprint density at radius 3 is 2.38 bits per heavy atom. The fraction of sp³-hybridized carbons (Fsp3) is 0.0769. The van der Waals surface area contributed by atoms with E-state index in [1.807, 2.05) is 11.3 Å². The number of hydrogen-bond acceptors (Lipinski definition) is 2. The van der Waals surface area contributed by atoms with E-state index < -0.39 is 0 Å². The van der Waals surface area contributed by atoms with Crippen LogP contribution in [-0.2, 0) is 12.8 Å². The zero-order valence-electron chi connectivity index (χ0n) is 22.9. The van der Waals surface area contributed by atoms with Crippen LogP contribution in [0, 0.1) is 0 Å². The molecule has 0 amide bonds. The van der Waals surface area contributed by atoms with Crippen molar-refractivity contribution in [1.82, 2.24) is 4.57 Å². The van der Waals surface area contributed by atoms with Crippen LogP contribution in [0.15, 0.2) is 121 Å². The molecule has 3 heteroatoms. The van der Waals surface area contributed by atoms with Crippen molar-refractivity contribution >= 4 is 59.0 Å². The van der Waals surface area contributed by atoms with Gasteiger partial charge in [0.2, 0.25) is 0 Å². The van der Waals surface area contributed by atoms with Gasteiger partial charge in [0.15, 0.2) is 0 Å². The molecule has 0 aliphatic carbocycles. The minimum absolute atomic E-state index is 0.280. The number of hydrogen-bond donors (Lipinski definition) is 1. The lowest BCUT2D eigenvalue weighted by Gasteiger charge is -2.20. The number of aromatic nitrogens is 1. The van der Waals surface area contributed by atoms with E-state index in [1.54, 1.807) is 0 Å². The summed E-state index contributed by atoms with van der Waals surface area (Å²) in [5.74, 6) is 0. The molecule has 4 heterocycles. The van der Waals surface area contributed by atoms with E-state index in [9.17, 15) is 0 Å². The maximum absolute atomic E-state index is 4.07. The summed E-state index contributed by atoms with van der Waals surface area (Å²) in [5.41, 5.74) is 13.3. The molecule has 0 spiro atoms. The highest BCUT2D eigenvalue weighted by atomic mass is 32.1. The first-order valence-electron chi connectivity index (χ1n) is 14.8. The van der Waals surface area contributed by atoms with Crippen LogP contribution in [0.4, 0.5) is 5.69 Å². The van der Waals surface area contributed by atoms with E-state index in [0.29, 0.717) is 0 Å². The molecular formula is C39H26N2S. The minimum atomic E-state index is 0.280. The lowest BCUT2D eigenvalue weighted by Crippen LogP contribution is -2.24. The third-order valence-corrected chi connectivity index (χ3v) is 10.7. The zero-order valence-corrected chi connectivity index (χ0v) is 23.7. The molecule has 2 nitrogen and oxygen atoms in total. The van der Waals surface area contributed by atoms with Crippen LogP contribution < -0.4 is 5.32 Å². The molecule has 2 aromatic heterocycles. The molecule has 0 saturated carbocycles. The van der Waals surface area contributed by atoms with Crippen LogP contribution in [0.5, 0.6) is 0 Å². The largest absolute Gasteiger partial charge is 0.381 e. The number of nitrogens with one attached hydrogen (secondary N) is 1. The molecule has 1 unspecified atom stereocenters. The summed E-state index contributed by atoms with van der Waals surface area (Å²) in [6, 6.07) is 45.4. The monoisotopic (exact) mass is 554 g/mol. The number of thiophene rings is 1. The fourth-order valence-electron chi connectivity index (χ4n) is 7.78. The van der Waals surface area contributed by atoms with Gasteiger partial charge < -0.3 is 9.88 Å². The predicted molar refractivity (Wildman–Crippen MR) is 179 cm³/mol. The standard InChI is InChI=1S/C39H26N2S/c1-3-18-33-26(11-1)29-14-7-15-30-28-13-8-17-32-37(28)36-23(9-6-19-34(36)41(33)38(29)30)21-25(40-32)22-24-10-5-16-31-27-12-2-4-20-35(27)42-39(24)31/h1-20,25,40H,21-22H2. The van der Waals surface area contributed by atoms with Crippen molar-refractivity contribution in [3.05, 3.63) is 132 Å². The Morgan fingerprint density at radius 1 is 0.643 bits per heavy atom. The fourth-order valence-corrected chi connectivity index (χ4v) is 9.00. The quantitative estimate of drug-likeness (QED) is 0.225. The van der Waals surface area contributed by atoms with Crippen molar-refractivity contribution in [2.24, 2.45) is 0 Å². The lowest BCUT2D eigenvalue weighted by atomic mass is 9.89. The SMILES string of the molecule is c1cc2c3c(c1)-c1cccc4c5ccccc5n(c14)-c1cccc(c1-3)CC(Cc1cccc3c1sc1ccccc13)N2. The Morgan fingerprint density at radius 2 is 1.40 bits per heavy atom. The highest BCUT2D eigenvalue weighted by molar-refractivity contribution is 7.26. The van der Waals surface area contributed by atoms with Crippen LogP contribution in [0.25, 0.3) is 69.9 Å². The molecule has 1 N–H and O–H groups in total. The van der Waals surface area contributed by atoms with Gasteiger partial charge in [0.1, 0.15) is 0 Å². The van der Waals surface area contributed by atoms with Gasteiger partial charge in [0.25, 0.3) is 0 Å². The van der Waals surface area contributed by atoms with Crippen LogP contribution in [0.1, 0.15) is 11.1 Å². The number of fused-ring (bicyclic) bond motifs is 8. The second-order valence-electron chi connectivity index (χ2n) is 11.7. The van der Waals surface area contributed by atoms with Crippen LogP contribution >= 0.6 is 11.3 Å². The van der Waals surface area contributed by atoms with E-state index in [4.69, 9.17) is 0 Å². The highest BCUT2D eigenvalue weighted by Gasteiger charge is 2.31. The molecule has 8 aromatic rings. The average molecular weight is 555 g/mol. The molecule has 10 rings (SSSR count). The van der Waals surface area contributed by atoms with Crippen molar-refractivity contribution in [2.45, 2.75) is 18.9 Å². The predicted octanol–water partition coefficient (Wildman–Crippen LogP) is 10.4.